The molecule has 1 aliphatic rings. The summed E-state index contributed by atoms with van der Waals surface area (Å²) in [7, 11) is 1.47. The van der Waals surface area contributed by atoms with Crippen LogP contribution in [0.15, 0.2) is 48.5 Å². The molecule has 8 heteroatoms. The number of nitrogens with one attached hydrogen (secondary N) is 1. The van der Waals surface area contributed by atoms with Crippen LogP contribution in [0, 0.1) is 6.92 Å². The van der Waals surface area contributed by atoms with E-state index < -0.39 is 18.3 Å². The number of ether oxygens (including phenoxy) is 2. The molecule has 31 heavy (non-hydrogen) atoms. The Bertz CT molecular complexity index is 1150. The van der Waals surface area contributed by atoms with E-state index in [1.165, 1.54) is 7.05 Å². The zero-order valence-corrected chi connectivity index (χ0v) is 17.9. The molecule has 3 N–H and O–H groups in total. The summed E-state index contributed by atoms with van der Waals surface area (Å²) in [5.41, 5.74) is 12.0. The van der Waals surface area contributed by atoms with Crippen LogP contribution in [0.25, 0.3) is 16.9 Å². The van der Waals surface area contributed by atoms with E-state index in [1.807, 2.05) is 43.3 Å². The van der Waals surface area contributed by atoms with Crippen LogP contribution >= 0.6 is 11.6 Å². The minimum Gasteiger partial charge on any atom is -0.445 e. The van der Waals surface area contributed by atoms with Crippen molar-refractivity contribution in [3.63, 3.8) is 0 Å². The standard InChI is InChI=1S/C23H22ClN3O4/c1-13-20(19(12-30-22(25)28)31-23(29)26-2)18-11-15-5-3-4-6-17(15)27(18)21(13)14-7-9-16(24)10-8-14/h3-10,19H,11-12H2,1-2H3,(H2,25,28)(H,26,29). The molecule has 2 aromatic carbocycles. The topological polar surface area (TPSA) is 95.6 Å². The zero-order chi connectivity index (χ0) is 22.1. The molecule has 0 spiro atoms. The lowest BCUT2D eigenvalue weighted by molar-refractivity contribution is 0.0467. The van der Waals surface area contributed by atoms with Gasteiger partial charge in [-0.15, -0.1) is 0 Å². The third-order valence-electron chi connectivity index (χ3n) is 5.42. The van der Waals surface area contributed by atoms with Crippen LogP contribution in [0.2, 0.25) is 5.02 Å². The van der Waals surface area contributed by atoms with Crippen molar-refractivity contribution in [3.05, 3.63) is 75.9 Å². The smallest absolute Gasteiger partial charge is 0.407 e. The Morgan fingerprint density at radius 1 is 1.19 bits per heavy atom. The van der Waals surface area contributed by atoms with Gasteiger partial charge in [0.2, 0.25) is 0 Å². The number of nitrogens with two attached hydrogens (primary N) is 1. The maximum Gasteiger partial charge on any atom is 0.407 e. The quantitative estimate of drug-likeness (QED) is 0.478. The van der Waals surface area contributed by atoms with Crippen LogP contribution in [0.4, 0.5) is 9.59 Å². The number of aromatic nitrogens is 1. The van der Waals surface area contributed by atoms with Crippen molar-refractivity contribution < 1.29 is 19.1 Å². The van der Waals surface area contributed by atoms with Gasteiger partial charge in [-0.1, -0.05) is 41.9 Å². The Morgan fingerprint density at radius 3 is 2.58 bits per heavy atom. The Balaban J connectivity index is 1.91. The van der Waals surface area contributed by atoms with Gasteiger partial charge in [0, 0.05) is 35.4 Å². The fourth-order valence-electron chi connectivity index (χ4n) is 4.17. The first-order valence-electron chi connectivity index (χ1n) is 9.79. The Labute approximate surface area is 184 Å². The van der Waals surface area contributed by atoms with E-state index in [0.717, 1.165) is 39.3 Å². The van der Waals surface area contributed by atoms with E-state index in [-0.39, 0.29) is 6.61 Å². The summed E-state index contributed by atoms with van der Waals surface area (Å²) in [6, 6.07) is 15.7. The Hall–Kier alpha value is -3.45. The highest BCUT2D eigenvalue weighted by molar-refractivity contribution is 6.30. The second kappa shape index (κ2) is 8.35. The summed E-state index contributed by atoms with van der Waals surface area (Å²) in [6.45, 7) is 1.79. The van der Waals surface area contributed by atoms with Gasteiger partial charge in [0.25, 0.3) is 0 Å². The molecule has 7 nitrogen and oxygen atoms in total. The molecule has 0 fully saturated rings. The monoisotopic (exact) mass is 439 g/mol. The van der Waals surface area contributed by atoms with Gasteiger partial charge in [-0.2, -0.15) is 0 Å². The lowest BCUT2D eigenvalue weighted by Gasteiger charge is -2.19. The molecule has 0 saturated heterocycles. The van der Waals surface area contributed by atoms with E-state index in [2.05, 4.69) is 22.0 Å². The normalized spacial score (nSPS) is 12.6. The fraction of sp³-hybridized carbons (Fsp3) is 0.217. The van der Waals surface area contributed by atoms with Crippen LogP contribution in [0.1, 0.15) is 28.5 Å². The van der Waals surface area contributed by atoms with Crippen molar-refractivity contribution in [1.29, 1.82) is 0 Å². The number of benzene rings is 2. The number of halogens is 1. The third-order valence-corrected chi connectivity index (χ3v) is 5.68. The van der Waals surface area contributed by atoms with Crippen molar-refractivity contribution in [2.75, 3.05) is 13.7 Å². The highest BCUT2D eigenvalue weighted by Gasteiger charge is 2.34. The van der Waals surface area contributed by atoms with Crippen molar-refractivity contribution in [1.82, 2.24) is 9.88 Å². The van der Waals surface area contributed by atoms with Crippen LogP contribution in [-0.2, 0) is 15.9 Å². The molecule has 2 heterocycles. The number of carbonyl (C=O) groups excluding carboxylic acids is 2. The highest BCUT2D eigenvalue weighted by atomic mass is 35.5. The van der Waals surface area contributed by atoms with Gasteiger partial charge in [0.15, 0.2) is 6.10 Å². The minimum atomic E-state index is -0.930. The zero-order valence-electron chi connectivity index (χ0n) is 17.1. The number of nitrogens with zero attached hydrogens (tertiary/aromatic N) is 1. The van der Waals surface area contributed by atoms with E-state index in [0.29, 0.717) is 11.4 Å². The molecule has 2 amide bonds. The van der Waals surface area contributed by atoms with Gasteiger partial charge < -0.3 is 25.1 Å². The fourth-order valence-corrected chi connectivity index (χ4v) is 4.29. The Kier molecular flexibility index (Phi) is 5.61. The number of alkyl carbamates (subject to hydrolysis) is 1. The molecule has 3 aromatic rings. The number of amides is 2. The number of rotatable bonds is 5. The largest absolute Gasteiger partial charge is 0.445 e. The first-order valence-corrected chi connectivity index (χ1v) is 10.2. The van der Waals surface area contributed by atoms with Crippen LogP contribution in [0.5, 0.6) is 0 Å². The summed E-state index contributed by atoms with van der Waals surface area (Å²) in [6.07, 6.45) is -1.71. The molecule has 1 atom stereocenters. The molecule has 0 aliphatic carbocycles. The number of para-hydroxylation sites is 1. The first-order chi connectivity index (χ1) is 14.9. The highest BCUT2D eigenvalue weighted by Crippen LogP contribution is 2.43. The summed E-state index contributed by atoms with van der Waals surface area (Å²) in [5, 5.41) is 3.09. The first kappa shape index (κ1) is 20.8. The van der Waals surface area contributed by atoms with Gasteiger partial charge in [-0.3, -0.25) is 0 Å². The van der Waals surface area contributed by atoms with Crippen LogP contribution < -0.4 is 11.1 Å². The maximum absolute atomic E-state index is 12.1. The number of hydrogen-bond donors (Lipinski definition) is 2. The number of primary amides is 1. The Morgan fingerprint density at radius 2 is 1.90 bits per heavy atom. The van der Waals surface area contributed by atoms with Crippen molar-refractivity contribution >= 4 is 23.8 Å². The van der Waals surface area contributed by atoms with E-state index in [9.17, 15) is 9.59 Å². The second-order valence-corrected chi connectivity index (χ2v) is 7.69. The number of fused-ring (bicyclic) bond motifs is 3. The van der Waals surface area contributed by atoms with Gasteiger partial charge in [-0.25, -0.2) is 9.59 Å². The summed E-state index contributed by atoms with van der Waals surface area (Å²) in [4.78, 5) is 23.3. The summed E-state index contributed by atoms with van der Waals surface area (Å²) >= 11 is 6.11. The molecule has 4 rings (SSSR count). The van der Waals surface area contributed by atoms with Crippen LogP contribution in [-0.4, -0.2) is 30.4 Å². The van der Waals surface area contributed by atoms with E-state index in [1.54, 1.807) is 0 Å². The number of hydrogen-bond acceptors (Lipinski definition) is 4. The molecule has 1 aliphatic heterocycles. The summed E-state index contributed by atoms with van der Waals surface area (Å²) in [5.74, 6) is 0. The summed E-state index contributed by atoms with van der Waals surface area (Å²) < 4.78 is 12.8. The third kappa shape index (κ3) is 3.84. The van der Waals surface area contributed by atoms with Gasteiger partial charge in [-0.05, 0) is 41.8 Å². The van der Waals surface area contributed by atoms with Gasteiger partial charge >= 0.3 is 12.2 Å². The van der Waals surface area contributed by atoms with Crippen molar-refractivity contribution in [2.45, 2.75) is 19.4 Å². The average molecular weight is 440 g/mol. The lowest BCUT2D eigenvalue weighted by atomic mass is 9.98. The average Bonchev–Trinajstić information content (AvgIpc) is 3.25. The SMILES string of the molecule is CNC(=O)OC(COC(N)=O)c1c(C)c(-c2ccc(Cl)cc2)n2c1Cc1ccccc1-2. The van der Waals surface area contributed by atoms with Gasteiger partial charge in [0.1, 0.15) is 6.61 Å². The number of carbonyl (C=O) groups is 2. The van der Waals surface area contributed by atoms with E-state index in [4.69, 9.17) is 26.8 Å². The molecule has 0 bridgehead atoms. The molecule has 0 saturated carbocycles. The van der Waals surface area contributed by atoms with Gasteiger partial charge in [0.05, 0.1) is 5.69 Å². The molecule has 1 unspecified atom stereocenters. The van der Waals surface area contributed by atoms with Crippen molar-refractivity contribution in [3.8, 4) is 16.9 Å². The van der Waals surface area contributed by atoms with Crippen LogP contribution in [0.3, 0.4) is 0 Å². The van der Waals surface area contributed by atoms with Crippen molar-refractivity contribution in [2.24, 2.45) is 5.73 Å². The predicted molar refractivity (Wildman–Crippen MR) is 118 cm³/mol. The molecule has 0 radical (unpaired) electrons. The minimum absolute atomic E-state index is 0.184. The molecule has 160 valence electrons. The lowest BCUT2D eigenvalue weighted by Crippen LogP contribution is -2.27. The molecular formula is C23H22ClN3O4. The second-order valence-electron chi connectivity index (χ2n) is 7.26. The maximum atomic E-state index is 12.1. The molecular weight excluding hydrogens is 418 g/mol. The molecule has 1 aromatic heterocycles. The van der Waals surface area contributed by atoms with E-state index >= 15 is 0 Å². The predicted octanol–water partition coefficient (Wildman–Crippen LogP) is 4.50.